The summed E-state index contributed by atoms with van der Waals surface area (Å²) >= 11 is 0. The first-order valence-corrected chi connectivity index (χ1v) is 37.9. The molecule has 1 heterocycles. The second-order valence-corrected chi connectivity index (χ2v) is 43.1. The highest BCUT2D eigenvalue weighted by Gasteiger charge is 2.52. The first-order valence-electron chi connectivity index (χ1n) is 27.1. The van der Waals surface area contributed by atoms with Crippen molar-refractivity contribution in [3.63, 3.8) is 0 Å². The van der Waals surface area contributed by atoms with Crippen molar-refractivity contribution >= 4 is 39.6 Å². The smallest absolute Gasteiger partial charge is 0.194 e. The zero-order valence-electron chi connectivity index (χ0n) is 48.3. The van der Waals surface area contributed by atoms with Gasteiger partial charge in [0, 0.05) is 5.57 Å². The Hall–Kier alpha value is -1.68. The Kier molecular flexibility index (Phi) is 23.4. The van der Waals surface area contributed by atoms with Crippen LogP contribution < -0.4 is 4.74 Å². The Labute approximate surface area is 433 Å². The van der Waals surface area contributed by atoms with Crippen LogP contribution in [-0.2, 0) is 43.3 Å². The minimum absolute atomic E-state index is 0.0276. The van der Waals surface area contributed by atoms with Crippen molar-refractivity contribution in [3.05, 3.63) is 53.1 Å². The van der Waals surface area contributed by atoms with E-state index >= 15 is 0 Å². The van der Waals surface area contributed by atoms with Gasteiger partial charge in [0.05, 0.1) is 39.1 Å². The SMILES string of the molecule is C#C[C@](C)(O[Si](CC)(CC)CC)[C@H](C[C@H]1C(C)=CC[C@H](C(C)C)[C@H]1/C=C(\C=O)CO[C@@H]1OC[C@@H](O[Si](C)(C)C(C)(C)C)[C@@H](O[Si](C)(C)C(C)(C)C)[C@@H]1OCc1ccc(OC)cc1)O[Si](CC)(CC)CC. The molecule has 13 heteroatoms. The highest BCUT2D eigenvalue weighted by molar-refractivity contribution is 6.75. The number of ether oxygens (including phenoxy) is 4. The van der Waals surface area contributed by atoms with Gasteiger partial charge in [0.2, 0.25) is 0 Å². The van der Waals surface area contributed by atoms with Gasteiger partial charge in [-0.1, -0.05) is 133 Å². The molecule has 1 aliphatic carbocycles. The van der Waals surface area contributed by atoms with Gasteiger partial charge in [-0.25, -0.2) is 0 Å². The van der Waals surface area contributed by atoms with Crippen molar-refractivity contribution in [2.24, 2.45) is 23.7 Å². The van der Waals surface area contributed by atoms with Gasteiger partial charge in [-0.3, -0.25) is 4.79 Å². The largest absolute Gasteiger partial charge is 0.497 e. The molecule has 0 amide bonds. The van der Waals surface area contributed by atoms with E-state index in [-0.39, 0.29) is 53.3 Å². The van der Waals surface area contributed by atoms with Crippen LogP contribution in [0.2, 0.25) is 72.5 Å². The number of carbonyl (C=O) groups excluding carboxylic acids is 1. The molecular formula is C57H102O9Si4. The number of terminal acetylenes is 1. The standard InChI is InChI=1S/C57H102O9Si4/c1-23-57(17,66-70(27-5,28-6)29-7)51(64-69(24-2,25-3)26-4)37-48-43(10)30-35-47(42(8)9)49(48)36-45(38-58)40-61-54-53(60-39-44-31-33-46(59-18)34-32-44)52(65-68(21,22)56(14,15)16)50(41-62-54)63-67(19,20)55(11,12)13/h1,30-34,36,38,42,47-54H,24-29,35,37,39-41H2,2-22H3/b45-36+/t47-,48+,49-,50-,51+,52-,53+,54-,57+/m1/s1. The van der Waals surface area contributed by atoms with Crippen LogP contribution in [0.25, 0.3) is 0 Å². The van der Waals surface area contributed by atoms with E-state index in [1.807, 2.05) is 24.3 Å². The molecule has 0 aromatic heterocycles. The number of rotatable bonds is 27. The van der Waals surface area contributed by atoms with E-state index in [2.05, 4.69) is 155 Å². The number of methoxy groups -OCH3 is 1. The Morgan fingerprint density at radius 3 is 1.83 bits per heavy atom. The van der Waals surface area contributed by atoms with Crippen molar-refractivity contribution in [2.45, 2.75) is 239 Å². The summed E-state index contributed by atoms with van der Waals surface area (Å²) < 4.78 is 55.5. The third-order valence-electron chi connectivity index (χ3n) is 17.6. The third kappa shape index (κ3) is 15.7. The van der Waals surface area contributed by atoms with E-state index in [0.717, 1.165) is 60.3 Å². The number of benzene rings is 1. The van der Waals surface area contributed by atoms with Gasteiger partial charge in [-0.15, -0.1) is 6.42 Å². The highest BCUT2D eigenvalue weighted by Crippen LogP contribution is 2.47. The Balaban J connectivity index is 2.17. The maximum absolute atomic E-state index is 13.5. The van der Waals surface area contributed by atoms with Gasteiger partial charge in [-0.2, -0.15) is 0 Å². The molecule has 1 fully saturated rings. The molecule has 70 heavy (non-hydrogen) atoms. The lowest BCUT2D eigenvalue weighted by atomic mass is 9.65. The third-order valence-corrected chi connectivity index (χ3v) is 36.0. The quantitative estimate of drug-likeness (QED) is 0.0281. The van der Waals surface area contributed by atoms with E-state index in [4.69, 9.17) is 43.1 Å². The molecule has 1 aromatic carbocycles. The monoisotopic (exact) mass is 1040 g/mol. The molecule has 1 saturated heterocycles. The summed E-state index contributed by atoms with van der Waals surface area (Å²) in [5.74, 6) is 4.74. The van der Waals surface area contributed by atoms with E-state index in [9.17, 15) is 4.79 Å². The van der Waals surface area contributed by atoms with Crippen molar-refractivity contribution in [1.29, 1.82) is 0 Å². The van der Waals surface area contributed by atoms with Gasteiger partial charge < -0.3 is 36.7 Å². The normalized spacial score (nSPS) is 24.7. The van der Waals surface area contributed by atoms with Gasteiger partial charge in [0.15, 0.2) is 39.6 Å². The second kappa shape index (κ2) is 26.2. The predicted octanol–water partition coefficient (Wildman–Crippen LogP) is 14.9. The average molecular weight is 1040 g/mol. The number of hydrogen-bond donors (Lipinski definition) is 0. The van der Waals surface area contributed by atoms with Gasteiger partial charge in [0.1, 0.15) is 29.8 Å². The Morgan fingerprint density at radius 2 is 1.36 bits per heavy atom. The fourth-order valence-electron chi connectivity index (χ4n) is 9.89. The molecule has 0 spiro atoms. The lowest BCUT2D eigenvalue weighted by molar-refractivity contribution is -0.276. The second-order valence-electron chi connectivity index (χ2n) is 24.2. The van der Waals surface area contributed by atoms with E-state index < -0.39 is 57.4 Å². The van der Waals surface area contributed by atoms with Crippen molar-refractivity contribution < 1.29 is 41.4 Å². The van der Waals surface area contributed by atoms with Crippen LogP contribution in [0.15, 0.2) is 47.6 Å². The lowest BCUT2D eigenvalue weighted by Gasteiger charge is -2.50. The Bertz CT molecular complexity index is 1850. The van der Waals surface area contributed by atoms with E-state index in [0.29, 0.717) is 24.5 Å². The molecule has 2 aliphatic rings. The van der Waals surface area contributed by atoms with Crippen LogP contribution in [0, 0.1) is 36.0 Å². The summed E-state index contributed by atoms with van der Waals surface area (Å²) in [5.41, 5.74) is 1.96. The maximum atomic E-state index is 13.5. The molecule has 0 saturated carbocycles. The summed E-state index contributed by atoms with van der Waals surface area (Å²) in [5, 5.41) is -0.122. The first kappa shape index (κ1) is 62.6. The zero-order chi connectivity index (χ0) is 53.1. The van der Waals surface area contributed by atoms with Crippen LogP contribution in [-0.4, -0.2) is 96.2 Å². The fraction of sp³-hybridized carbons (Fsp3) is 0.772. The molecule has 9 atom stereocenters. The highest BCUT2D eigenvalue weighted by atomic mass is 28.4. The fourth-order valence-corrected chi connectivity index (χ4v) is 18.5. The van der Waals surface area contributed by atoms with Crippen LogP contribution in [0.1, 0.15) is 129 Å². The topological polar surface area (TPSA) is 90.9 Å². The summed E-state index contributed by atoms with van der Waals surface area (Å²) in [6.07, 6.45) is 11.2. The summed E-state index contributed by atoms with van der Waals surface area (Å²) in [4.78, 5) is 13.5. The minimum Gasteiger partial charge on any atom is -0.497 e. The van der Waals surface area contributed by atoms with Crippen molar-refractivity contribution in [2.75, 3.05) is 20.3 Å². The molecule has 9 nitrogen and oxygen atoms in total. The minimum atomic E-state index is -2.41. The molecule has 0 N–H and O–H groups in total. The van der Waals surface area contributed by atoms with Crippen LogP contribution in [0.3, 0.4) is 0 Å². The van der Waals surface area contributed by atoms with Crippen LogP contribution in [0.4, 0.5) is 0 Å². The average Bonchev–Trinajstić information content (AvgIpc) is 3.31. The van der Waals surface area contributed by atoms with Crippen LogP contribution >= 0.6 is 0 Å². The number of carbonyl (C=O) groups is 1. The lowest BCUT2D eigenvalue weighted by Crippen LogP contribution is -2.63. The number of hydrogen-bond acceptors (Lipinski definition) is 9. The molecule has 0 unspecified atom stereocenters. The maximum Gasteiger partial charge on any atom is 0.194 e. The van der Waals surface area contributed by atoms with E-state index in [1.165, 1.54) is 5.57 Å². The van der Waals surface area contributed by atoms with Gasteiger partial charge in [0.25, 0.3) is 0 Å². The number of allylic oxidation sites excluding steroid dienone is 3. The van der Waals surface area contributed by atoms with E-state index in [1.54, 1.807) is 7.11 Å². The first-order chi connectivity index (χ1) is 32.5. The Morgan fingerprint density at radius 1 is 0.814 bits per heavy atom. The summed E-state index contributed by atoms with van der Waals surface area (Å²) in [6, 6.07) is 13.9. The molecule has 0 bridgehead atoms. The summed E-state index contributed by atoms with van der Waals surface area (Å²) in [6.45, 7) is 45.8. The molecular weight excluding hydrogens is 941 g/mol. The van der Waals surface area contributed by atoms with Crippen molar-refractivity contribution in [1.82, 2.24) is 0 Å². The molecule has 3 rings (SSSR count). The van der Waals surface area contributed by atoms with Gasteiger partial charge >= 0.3 is 0 Å². The van der Waals surface area contributed by atoms with Crippen LogP contribution in [0.5, 0.6) is 5.75 Å². The molecule has 1 aliphatic heterocycles. The van der Waals surface area contributed by atoms with Gasteiger partial charge in [-0.05, 0) is 141 Å². The van der Waals surface area contributed by atoms with Crippen molar-refractivity contribution in [3.8, 4) is 18.1 Å². The molecule has 0 radical (unpaired) electrons. The molecule has 1 aromatic rings. The predicted molar refractivity (Wildman–Crippen MR) is 301 cm³/mol. The number of aldehydes is 1. The summed E-state index contributed by atoms with van der Waals surface area (Å²) in [7, 11) is -7.37. The zero-order valence-corrected chi connectivity index (χ0v) is 52.3. The molecule has 400 valence electrons.